The standard InChI is InChI=1S/C18H17ClFIN6O3/c1-22-16(29)13-12(28)10(20)17(30-13)27-7-24-11-14(25-18(19)26-15(11)27)23-6-8-3-2-4-9(21)5-8/h2-5,7,10,12-13,17,28H,6H2,1H3,(H,22,29)(H,23,25,26)/t10-,12+,13+,17-/m1/s1. The summed E-state index contributed by atoms with van der Waals surface area (Å²) in [5, 5.41) is 15.5. The smallest absolute Gasteiger partial charge is 0.251 e. The molecule has 4 atom stereocenters. The maximum Gasteiger partial charge on any atom is 0.251 e. The van der Waals surface area contributed by atoms with Crippen LogP contribution < -0.4 is 10.6 Å². The second-order valence-corrected chi connectivity index (χ2v) is 8.23. The summed E-state index contributed by atoms with van der Waals surface area (Å²) in [6, 6.07) is 7.92. The van der Waals surface area contributed by atoms with Gasteiger partial charge in [0.2, 0.25) is 5.28 Å². The summed E-state index contributed by atoms with van der Waals surface area (Å²) in [7, 11) is 1.38. The molecule has 9 nitrogen and oxygen atoms in total. The number of likely N-dealkylation sites (N-methyl/N-ethyl adjacent to an activating group) is 1. The number of alkyl halides is 1. The van der Waals surface area contributed by atoms with Crippen molar-refractivity contribution >= 4 is 57.1 Å². The van der Waals surface area contributed by atoms with Crippen molar-refractivity contribution in [2.45, 2.75) is 31.2 Å². The molecule has 0 spiro atoms. The van der Waals surface area contributed by atoms with Gasteiger partial charge in [-0.1, -0.05) is 12.1 Å². The summed E-state index contributed by atoms with van der Waals surface area (Å²) in [6.45, 7) is 0.468. The molecule has 12 heteroatoms. The van der Waals surface area contributed by atoms with Gasteiger partial charge in [0.1, 0.15) is 6.10 Å². The van der Waals surface area contributed by atoms with Crippen molar-refractivity contribution in [1.82, 2.24) is 24.8 Å². The minimum absolute atomic E-state index is 0.0637. The predicted octanol–water partition coefficient (Wildman–Crippen LogP) is 2.04. The molecule has 0 aliphatic carbocycles. The Morgan fingerprint density at radius 1 is 1.43 bits per heavy atom. The maximum absolute atomic E-state index is 14.7. The molecular formula is C18H17ClFIN6O3. The van der Waals surface area contributed by atoms with E-state index in [9.17, 15) is 14.3 Å². The van der Waals surface area contributed by atoms with E-state index in [4.69, 9.17) is 16.3 Å². The number of hydrogen-bond donors (Lipinski definition) is 3. The zero-order chi connectivity index (χ0) is 21.4. The fourth-order valence-corrected chi connectivity index (χ4v) is 4.02. The Kier molecular flexibility index (Phi) is 6.04. The molecule has 0 radical (unpaired) electrons. The van der Waals surface area contributed by atoms with E-state index in [0.29, 0.717) is 17.9 Å². The van der Waals surface area contributed by atoms with E-state index < -0.39 is 30.5 Å². The molecule has 3 N–H and O–H groups in total. The van der Waals surface area contributed by atoms with E-state index >= 15 is 0 Å². The van der Waals surface area contributed by atoms with Gasteiger partial charge in [-0.25, -0.2) is 9.37 Å². The molecule has 2 aromatic heterocycles. The van der Waals surface area contributed by atoms with Crippen LogP contribution in [-0.4, -0.2) is 56.0 Å². The lowest BCUT2D eigenvalue weighted by Crippen LogP contribution is -2.40. The number of rotatable bonds is 5. The molecule has 0 saturated carbocycles. The average molecular weight is 547 g/mol. The lowest BCUT2D eigenvalue weighted by atomic mass is 10.1. The van der Waals surface area contributed by atoms with Crippen molar-refractivity contribution in [3.05, 3.63) is 45.0 Å². The highest BCUT2D eigenvalue weighted by atomic mass is 127. The lowest BCUT2D eigenvalue weighted by Gasteiger charge is -2.15. The first-order chi connectivity index (χ1) is 14.4. The summed E-state index contributed by atoms with van der Waals surface area (Å²) in [4.78, 5) is 24.5. The number of imidazole rings is 1. The van der Waals surface area contributed by atoms with E-state index in [1.165, 1.54) is 17.9 Å². The molecule has 30 heavy (non-hydrogen) atoms. The minimum atomic E-state index is -1.86. The molecule has 3 aromatic rings. The van der Waals surface area contributed by atoms with Gasteiger partial charge in [0, 0.05) is 17.2 Å². The molecule has 4 rings (SSSR count). The number of hydrogen-bond acceptors (Lipinski definition) is 7. The molecule has 1 amide bonds. The maximum atomic E-state index is 14.7. The van der Waals surface area contributed by atoms with Gasteiger partial charge in [-0.05, 0) is 51.9 Å². The normalized spacial score (nSPS) is 23.6. The quantitative estimate of drug-likeness (QED) is 0.332. The van der Waals surface area contributed by atoms with Gasteiger partial charge in [0.05, 0.1) is 6.33 Å². The largest absolute Gasteiger partial charge is 0.387 e. The number of amides is 1. The fraction of sp³-hybridized carbons (Fsp3) is 0.333. The number of halogens is 3. The van der Waals surface area contributed by atoms with E-state index in [1.54, 1.807) is 0 Å². The number of carbonyl (C=O) groups excluding carboxylic acids is 1. The van der Waals surface area contributed by atoms with Gasteiger partial charge >= 0.3 is 0 Å². The van der Waals surface area contributed by atoms with Gasteiger partial charge in [0.15, 0.2) is 35.5 Å². The SMILES string of the molecule is CNC(=O)[C@H]1O[C@@H](n2cnc3c(NCc4cccc(I)c4)nc(Cl)nc32)[C@H](F)[C@@H]1O. The molecule has 1 fully saturated rings. The molecule has 0 unspecified atom stereocenters. The summed E-state index contributed by atoms with van der Waals surface area (Å²) in [5.74, 6) is -0.246. The summed E-state index contributed by atoms with van der Waals surface area (Å²) in [6.07, 6.45) is -4.79. The van der Waals surface area contributed by atoms with Crippen LogP contribution in [0.3, 0.4) is 0 Å². The third-order valence-electron chi connectivity index (χ3n) is 4.72. The first-order valence-electron chi connectivity index (χ1n) is 8.96. The van der Waals surface area contributed by atoms with E-state index in [1.807, 2.05) is 24.3 Å². The van der Waals surface area contributed by atoms with Gasteiger partial charge in [0.25, 0.3) is 5.91 Å². The van der Waals surface area contributed by atoms with E-state index in [2.05, 4.69) is 48.2 Å². The van der Waals surface area contributed by atoms with Crippen LogP contribution in [0.5, 0.6) is 0 Å². The highest BCUT2D eigenvalue weighted by Crippen LogP contribution is 2.34. The number of carbonyl (C=O) groups is 1. The zero-order valence-corrected chi connectivity index (χ0v) is 18.5. The van der Waals surface area contributed by atoms with Crippen molar-refractivity contribution < 1.29 is 19.0 Å². The van der Waals surface area contributed by atoms with Crippen molar-refractivity contribution in [3.8, 4) is 0 Å². The van der Waals surface area contributed by atoms with Gasteiger partial charge in [-0.15, -0.1) is 0 Å². The highest BCUT2D eigenvalue weighted by Gasteiger charge is 2.48. The topological polar surface area (TPSA) is 114 Å². The Labute approximate surface area is 189 Å². The van der Waals surface area contributed by atoms with Crippen LogP contribution in [0.1, 0.15) is 11.8 Å². The van der Waals surface area contributed by atoms with Gasteiger partial charge < -0.3 is 20.5 Å². The second kappa shape index (κ2) is 8.57. The van der Waals surface area contributed by atoms with Crippen LogP contribution >= 0.6 is 34.2 Å². The molecule has 0 bridgehead atoms. The first-order valence-corrected chi connectivity index (χ1v) is 10.4. The summed E-state index contributed by atoms with van der Waals surface area (Å²) >= 11 is 8.31. The van der Waals surface area contributed by atoms with Crippen molar-refractivity contribution in [2.75, 3.05) is 12.4 Å². The van der Waals surface area contributed by atoms with Crippen LogP contribution in [0.15, 0.2) is 30.6 Å². The molecule has 1 aliphatic rings. The Morgan fingerprint density at radius 2 is 2.23 bits per heavy atom. The Hall–Kier alpha value is -2.09. The van der Waals surface area contributed by atoms with E-state index in [0.717, 1.165) is 9.13 Å². The first kappa shape index (κ1) is 21.2. The average Bonchev–Trinajstić information content (AvgIpc) is 3.27. The highest BCUT2D eigenvalue weighted by molar-refractivity contribution is 14.1. The lowest BCUT2D eigenvalue weighted by molar-refractivity contribution is -0.137. The molecular weight excluding hydrogens is 530 g/mol. The minimum Gasteiger partial charge on any atom is -0.387 e. The summed E-state index contributed by atoms with van der Waals surface area (Å²) in [5.41, 5.74) is 1.61. The van der Waals surface area contributed by atoms with Crippen molar-refractivity contribution in [2.24, 2.45) is 0 Å². The number of benzene rings is 1. The second-order valence-electron chi connectivity index (χ2n) is 6.65. The molecule has 158 valence electrons. The molecule has 1 aromatic carbocycles. The third kappa shape index (κ3) is 3.94. The van der Waals surface area contributed by atoms with Crippen LogP contribution in [-0.2, 0) is 16.1 Å². The Morgan fingerprint density at radius 3 is 2.97 bits per heavy atom. The van der Waals surface area contributed by atoms with Crippen molar-refractivity contribution in [3.63, 3.8) is 0 Å². The van der Waals surface area contributed by atoms with Crippen LogP contribution in [0, 0.1) is 3.57 Å². The number of aliphatic hydroxyl groups is 1. The predicted molar refractivity (Wildman–Crippen MR) is 116 cm³/mol. The number of aliphatic hydroxyl groups excluding tert-OH is 1. The fourth-order valence-electron chi connectivity index (χ4n) is 3.25. The molecule has 3 heterocycles. The Bertz CT molecular complexity index is 1100. The van der Waals surface area contributed by atoms with Crippen LogP contribution in [0.2, 0.25) is 5.28 Å². The monoisotopic (exact) mass is 546 g/mol. The van der Waals surface area contributed by atoms with Gasteiger partial charge in [-0.2, -0.15) is 9.97 Å². The van der Waals surface area contributed by atoms with Crippen LogP contribution in [0.25, 0.3) is 11.2 Å². The van der Waals surface area contributed by atoms with Crippen LogP contribution in [0.4, 0.5) is 10.2 Å². The number of ether oxygens (including phenoxy) is 1. The summed E-state index contributed by atoms with van der Waals surface area (Å²) < 4.78 is 22.6. The Balaban J connectivity index is 1.64. The van der Waals surface area contributed by atoms with Crippen molar-refractivity contribution in [1.29, 1.82) is 0 Å². The number of nitrogens with zero attached hydrogens (tertiary/aromatic N) is 4. The number of anilines is 1. The molecule has 1 saturated heterocycles. The zero-order valence-electron chi connectivity index (χ0n) is 15.6. The van der Waals surface area contributed by atoms with E-state index in [-0.39, 0.29) is 10.9 Å². The third-order valence-corrected chi connectivity index (χ3v) is 5.56. The number of nitrogens with one attached hydrogen (secondary N) is 2. The van der Waals surface area contributed by atoms with Gasteiger partial charge in [-0.3, -0.25) is 9.36 Å². The number of aromatic nitrogens is 4. The number of fused-ring (bicyclic) bond motifs is 1. The molecule has 1 aliphatic heterocycles.